The van der Waals surface area contributed by atoms with E-state index in [1.165, 1.54) is 32.1 Å². The zero-order valence-electron chi connectivity index (χ0n) is 12.3. The average Bonchev–Trinajstić information content (AvgIpc) is 2.32. The zero-order chi connectivity index (χ0) is 14.5. The van der Waals surface area contributed by atoms with Gasteiger partial charge in [0.05, 0.1) is 0 Å². The third-order valence-corrected chi connectivity index (χ3v) is 3.49. The van der Waals surface area contributed by atoms with E-state index in [1.54, 1.807) is 0 Å². The van der Waals surface area contributed by atoms with Crippen molar-refractivity contribution in [2.75, 3.05) is 0 Å². The smallest absolute Gasteiger partial charge is 0.217 e. The van der Waals surface area contributed by atoms with Gasteiger partial charge >= 0.3 is 0 Å². The van der Waals surface area contributed by atoms with Crippen molar-refractivity contribution in [2.45, 2.75) is 77.6 Å². The number of amides is 2. The zero-order valence-corrected chi connectivity index (χ0v) is 12.3. The molecular formula is C15H30N2O2. The maximum Gasteiger partial charge on any atom is 0.217 e. The van der Waals surface area contributed by atoms with Crippen LogP contribution in [0.2, 0.25) is 0 Å². The minimum absolute atomic E-state index is 0.241. The molecule has 0 fully saturated rings. The molecule has 2 amide bonds. The predicted molar refractivity (Wildman–Crippen MR) is 78.3 cm³/mol. The van der Waals surface area contributed by atoms with Crippen molar-refractivity contribution in [1.82, 2.24) is 0 Å². The Bertz CT molecular complexity index is 255. The van der Waals surface area contributed by atoms with Crippen molar-refractivity contribution in [3.63, 3.8) is 0 Å². The molecule has 0 spiro atoms. The summed E-state index contributed by atoms with van der Waals surface area (Å²) >= 11 is 0. The third-order valence-electron chi connectivity index (χ3n) is 3.49. The van der Waals surface area contributed by atoms with E-state index in [2.05, 4.69) is 6.92 Å². The molecule has 0 saturated carbocycles. The van der Waals surface area contributed by atoms with E-state index in [0.29, 0.717) is 18.8 Å². The van der Waals surface area contributed by atoms with Crippen LogP contribution in [0.15, 0.2) is 0 Å². The molecule has 0 aliphatic carbocycles. The fourth-order valence-electron chi connectivity index (χ4n) is 2.41. The Labute approximate surface area is 117 Å². The van der Waals surface area contributed by atoms with Crippen molar-refractivity contribution < 1.29 is 9.59 Å². The highest BCUT2D eigenvalue weighted by Gasteiger charge is 2.12. The number of unbranched alkanes of at least 4 members (excludes halogenated alkanes) is 5. The van der Waals surface area contributed by atoms with Crippen LogP contribution in [0.25, 0.3) is 0 Å². The van der Waals surface area contributed by atoms with Gasteiger partial charge in [0.15, 0.2) is 0 Å². The van der Waals surface area contributed by atoms with Crippen LogP contribution in [-0.4, -0.2) is 11.8 Å². The van der Waals surface area contributed by atoms with Crippen LogP contribution in [0.5, 0.6) is 0 Å². The largest absolute Gasteiger partial charge is 0.370 e. The van der Waals surface area contributed by atoms with Gasteiger partial charge in [0.2, 0.25) is 11.8 Å². The van der Waals surface area contributed by atoms with Gasteiger partial charge in [0.25, 0.3) is 0 Å². The molecular weight excluding hydrogens is 240 g/mol. The highest BCUT2D eigenvalue weighted by Crippen LogP contribution is 2.20. The second kappa shape index (κ2) is 12.0. The van der Waals surface area contributed by atoms with Gasteiger partial charge < -0.3 is 11.5 Å². The van der Waals surface area contributed by atoms with Gasteiger partial charge in [-0.2, -0.15) is 0 Å². The van der Waals surface area contributed by atoms with Crippen LogP contribution in [0.4, 0.5) is 0 Å². The SMILES string of the molecule is CCCCCCCC[C@H](CCCC(N)=O)CC(N)=O. The van der Waals surface area contributed by atoms with Gasteiger partial charge in [-0.1, -0.05) is 45.4 Å². The van der Waals surface area contributed by atoms with Gasteiger partial charge in [0, 0.05) is 12.8 Å². The van der Waals surface area contributed by atoms with Crippen molar-refractivity contribution in [2.24, 2.45) is 17.4 Å². The molecule has 0 saturated heterocycles. The Morgan fingerprint density at radius 1 is 0.842 bits per heavy atom. The molecule has 0 aliphatic heterocycles. The molecule has 19 heavy (non-hydrogen) atoms. The molecule has 0 aliphatic rings. The Kier molecular flexibility index (Phi) is 11.3. The molecule has 0 aromatic heterocycles. The Morgan fingerprint density at radius 2 is 1.42 bits per heavy atom. The summed E-state index contributed by atoms with van der Waals surface area (Å²) in [5.41, 5.74) is 10.4. The van der Waals surface area contributed by atoms with Gasteiger partial charge in [-0.15, -0.1) is 0 Å². The Balaban J connectivity index is 3.73. The first-order chi connectivity index (χ1) is 9.06. The quantitative estimate of drug-likeness (QED) is 0.504. The number of carbonyl (C=O) groups is 2. The lowest BCUT2D eigenvalue weighted by molar-refractivity contribution is -0.119. The van der Waals surface area contributed by atoms with Crippen LogP contribution < -0.4 is 11.5 Å². The fourth-order valence-corrected chi connectivity index (χ4v) is 2.41. The van der Waals surface area contributed by atoms with E-state index < -0.39 is 0 Å². The van der Waals surface area contributed by atoms with Crippen molar-refractivity contribution in [3.05, 3.63) is 0 Å². The molecule has 112 valence electrons. The molecule has 0 aromatic rings. The standard InChI is InChI=1S/C15H30N2O2/c1-2-3-4-5-6-7-9-13(12-15(17)19)10-8-11-14(16)18/h13H,2-12H2,1H3,(H2,16,18)(H2,17,19)/t13-/m1/s1. The second-order valence-electron chi connectivity index (χ2n) is 5.45. The van der Waals surface area contributed by atoms with Crippen LogP contribution >= 0.6 is 0 Å². The summed E-state index contributed by atoms with van der Waals surface area (Å²) in [5, 5.41) is 0. The summed E-state index contributed by atoms with van der Waals surface area (Å²) in [7, 11) is 0. The molecule has 0 unspecified atom stereocenters. The topological polar surface area (TPSA) is 86.2 Å². The maximum absolute atomic E-state index is 11.0. The fraction of sp³-hybridized carbons (Fsp3) is 0.867. The number of rotatable bonds is 13. The van der Waals surface area contributed by atoms with Gasteiger partial charge in [-0.25, -0.2) is 0 Å². The van der Waals surface area contributed by atoms with Crippen molar-refractivity contribution in [1.29, 1.82) is 0 Å². The lowest BCUT2D eigenvalue weighted by atomic mass is 9.92. The summed E-state index contributed by atoms with van der Waals surface area (Å²) in [6.45, 7) is 2.21. The lowest BCUT2D eigenvalue weighted by Crippen LogP contribution is -2.17. The van der Waals surface area contributed by atoms with Crippen LogP contribution in [0.3, 0.4) is 0 Å². The number of carbonyl (C=O) groups excluding carboxylic acids is 2. The molecule has 0 heterocycles. The minimum Gasteiger partial charge on any atom is -0.370 e. The molecule has 0 bridgehead atoms. The summed E-state index contributed by atoms with van der Waals surface area (Å²) < 4.78 is 0. The molecule has 0 radical (unpaired) electrons. The van der Waals surface area contributed by atoms with E-state index in [4.69, 9.17) is 11.5 Å². The van der Waals surface area contributed by atoms with Crippen LogP contribution in [0, 0.1) is 5.92 Å². The molecule has 1 atom stereocenters. The molecule has 0 aromatic carbocycles. The van der Waals surface area contributed by atoms with E-state index >= 15 is 0 Å². The van der Waals surface area contributed by atoms with E-state index in [-0.39, 0.29) is 11.8 Å². The number of hydrogen-bond donors (Lipinski definition) is 2. The summed E-state index contributed by atoms with van der Waals surface area (Å²) in [6.07, 6.45) is 11.1. The van der Waals surface area contributed by atoms with Crippen molar-refractivity contribution >= 4 is 11.8 Å². The second-order valence-corrected chi connectivity index (χ2v) is 5.45. The summed E-state index contributed by atoms with van der Waals surface area (Å²) in [4.78, 5) is 21.7. The highest BCUT2D eigenvalue weighted by molar-refractivity contribution is 5.74. The highest BCUT2D eigenvalue weighted by atomic mass is 16.1. The Morgan fingerprint density at radius 3 is 2.00 bits per heavy atom. The average molecular weight is 270 g/mol. The van der Waals surface area contributed by atoms with E-state index in [1.807, 2.05) is 0 Å². The van der Waals surface area contributed by atoms with Gasteiger partial charge in [-0.05, 0) is 25.2 Å². The number of nitrogens with two attached hydrogens (primary N) is 2. The normalized spacial score (nSPS) is 12.3. The number of primary amides is 2. The molecule has 0 rings (SSSR count). The number of hydrogen-bond acceptors (Lipinski definition) is 2. The molecule has 4 heteroatoms. The minimum atomic E-state index is -0.266. The lowest BCUT2D eigenvalue weighted by Gasteiger charge is -2.14. The van der Waals surface area contributed by atoms with E-state index in [9.17, 15) is 9.59 Å². The molecule has 4 N–H and O–H groups in total. The Hall–Kier alpha value is -1.06. The summed E-state index contributed by atoms with van der Waals surface area (Å²) in [6, 6.07) is 0. The summed E-state index contributed by atoms with van der Waals surface area (Å²) in [5.74, 6) is -0.185. The maximum atomic E-state index is 11.0. The van der Waals surface area contributed by atoms with Gasteiger partial charge in [0.1, 0.15) is 0 Å². The first-order valence-corrected chi connectivity index (χ1v) is 7.62. The van der Waals surface area contributed by atoms with E-state index in [0.717, 1.165) is 25.7 Å². The molecule has 4 nitrogen and oxygen atoms in total. The first kappa shape index (κ1) is 17.9. The third kappa shape index (κ3) is 13.2. The first-order valence-electron chi connectivity index (χ1n) is 7.62. The van der Waals surface area contributed by atoms with Crippen LogP contribution in [-0.2, 0) is 9.59 Å². The van der Waals surface area contributed by atoms with Gasteiger partial charge in [-0.3, -0.25) is 9.59 Å². The van der Waals surface area contributed by atoms with Crippen molar-refractivity contribution in [3.8, 4) is 0 Å². The predicted octanol–water partition coefficient (Wildman–Crippen LogP) is 2.88. The monoisotopic (exact) mass is 270 g/mol. The van der Waals surface area contributed by atoms with Crippen LogP contribution in [0.1, 0.15) is 77.6 Å².